The third-order valence-electron chi connectivity index (χ3n) is 7.37. The van der Waals surface area contributed by atoms with Gasteiger partial charge in [-0.1, -0.05) is 17.7 Å². The van der Waals surface area contributed by atoms with Crippen molar-refractivity contribution in [3.8, 4) is 23.1 Å². The van der Waals surface area contributed by atoms with Gasteiger partial charge in [0.15, 0.2) is 11.5 Å². The summed E-state index contributed by atoms with van der Waals surface area (Å²) in [6, 6.07) is 11.4. The van der Waals surface area contributed by atoms with Crippen LogP contribution < -0.4 is 19.5 Å². The number of ether oxygens (including phenoxy) is 5. The second-order valence-corrected chi connectivity index (χ2v) is 11.2. The Morgan fingerprint density at radius 1 is 1.09 bits per heavy atom. The Hall–Kier alpha value is -3.62. The highest BCUT2D eigenvalue weighted by Crippen LogP contribution is 2.37. The first-order valence-electron chi connectivity index (χ1n) is 14.3. The normalized spacial score (nSPS) is 15.6. The molecular weight excluding hydrogens is 617 g/mol. The van der Waals surface area contributed by atoms with Crippen molar-refractivity contribution in [3.05, 3.63) is 76.4 Å². The Kier molecular flexibility index (Phi) is 10.7. The number of rotatable bonds is 13. The number of pyridine rings is 1. The van der Waals surface area contributed by atoms with Gasteiger partial charge in [0.1, 0.15) is 25.0 Å². The number of halogens is 4. The van der Waals surface area contributed by atoms with Gasteiger partial charge in [0, 0.05) is 30.9 Å². The molecule has 1 amide bonds. The predicted octanol–water partition coefficient (Wildman–Crippen LogP) is 4.74. The summed E-state index contributed by atoms with van der Waals surface area (Å²) in [6.07, 6.45) is -3.05. The van der Waals surface area contributed by atoms with Gasteiger partial charge >= 0.3 is 6.18 Å². The number of carbonyl (C=O) groups excluding carboxylic acids is 1. The largest absolute Gasteiger partial charge is 0.486 e. The van der Waals surface area contributed by atoms with Crippen molar-refractivity contribution >= 4 is 17.5 Å². The molecule has 1 atom stereocenters. The first kappa shape index (κ1) is 32.8. The van der Waals surface area contributed by atoms with Gasteiger partial charge in [-0.25, -0.2) is 4.98 Å². The van der Waals surface area contributed by atoms with Crippen LogP contribution in [0.2, 0.25) is 5.02 Å². The average Bonchev–Trinajstić information content (AvgIpc) is 2.98. The van der Waals surface area contributed by atoms with Gasteiger partial charge in [0.25, 0.3) is 0 Å². The molecule has 10 nitrogen and oxygen atoms in total. The van der Waals surface area contributed by atoms with Crippen LogP contribution in [0, 0.1) is 0 Å². The number of amides is 1. The van der Waals surface area contributed by atoms with Crippen molar-refractivity contribution in [2.24, 2.45) is 0 Å². The number of carbonyl (C=O) groups is 1. The Labute approximate surface area is 263 Å². The number of nitrogens with zero attached hydrogens (tertiary/aromatic N) is 3. The Morgan fingerprint density at radius 3 is 2.60 bits per heavy atom. The van der Waals surface area contributed by atoms with Crippen LogP contribution in [0.15, 0.2) is 54.7 Å². The lowest BCUT2D eigenvalue weighted by molar-refractivity contribution is -0.142. The maximum absolute atomic E-state index is 13.3. The van der Waals surface area contributed by atoms with Crippen molar-refractivity contribution in [2.75, 3.05) is 53.7 Å². The van der Waals surface area contributed by atoms with Gasteiger partial charge in [0.2, 0.25) is 11.8 Å². The molecule has 0 bridgehead atoms. The molecule has 2 aliphatic heterocycles. The first-order valence-corrected chi connectivity index (χ1v) is 14.7. The number of hydrogen-bond donors (Lipinski definition) is 1. The highest BCUT2D eigenvalue weighted by atomic mass is 35.5. The molecule has 2 aliphatic rings. The lowest BCUT2D eigenvalue weighted by atomic mass is 10.1. The van der Waals surface area contributed by atoms with E-state index in [-0.39, 0.29) is 49.1 Å². The molecule has 1 aromatic heterocycles. The fraction of sp³-hybridized carbons (Fsp3) is 0.419. The topological polar surface area (TPSA) is 94.6 Å². The second-order valence-electron chi connectivity index (χ2n) is 10.8. The van der Waals surface area contributed by atoms with E-state index in [1.165, 1.54) is 6.20 Å². The van der Waals surface area contributed by atoms with Crippen LogP contribution in [-0.2, 0) is 33.7 Å². The van der Waals surface area contributed by atoms with E-state index in [0.717, 1.165) is 23.8 Å². The van der Waals surface area contributed by atoms with Gasteiger partial charge in [-0.3, -0.25) is 10.1 Å². The van der Waals surface area contributed by atoms with Crippen molar-refractivity contribution in [1.29, 1.82) is 0 Å². The van der Waals surface area contributed by atoms with Gasteiger partial charge in [-0.2, -0.15) is 13.2 Å². The smallest absolute Gasteiger partial charge is 0.416 e. The Balaban J connectivity index is 1.17. The predicted molar refractivity (Wildman–Crippen MR) is 158 cm³/mol. The molecule has 45 heavy (non-hydrogen) atoms. The van der Waals surface area contributed by atoms with Crippen LogP contribution in [-0.4, -0.2) is 86.5 Å². The number of aromatic nitrogens is 1. The van der Waals surface area contributed by atoms with Crippen LogP contribution in [0.25, 0.3) is 0 Å². The van der Waals surface area contributed by atoms with E-state index in [1.54, 1.807) is 17.0 Å². The van der Waals surface area contributed by atoms with E-state index in [4.69, 9.17) is 35.3 Å². The molecule has 0 spiro atoms. The van der Waals surface area contributed by atoms with E-state index in [2.05, 4.69) is 15.2 Å². The lowest BCUT2D eigenvalue weighted by Gasteiger charge is -2.44. The fourth-order valence-corrected chi connectivity index (χ4v) is 4.90. The first-order chi connectivity index (χ1) is 21.6. The Morgan fingerprint density at radius 2 is 1.87 bits per heavy atom. The highest BCUT2D eigenvalue weighted by molar-refractivity contribution is 6.32. The highest BCUT2D eigenvalue weighted by Gasteiger charge is 2.35. The number of benzene rings is 2. The van der Waals surface area contributed by atoms with E-state index in [0.29, 0.717) is 49.4 Å². The monoisotopic (exact) mass is 650 g/mol. The number of alkyl halides is 3. The molecule has 1 saturated heterocycles. The van der Waals surface area contributed by atoms with E-state index in [9.17, 15) is 18.0 Å². The lowest BCUT2D eigenvalue weighted by Crippen LogP contribution is -2.63. The van der Waals surface area contributed by atoms with Crippen LogP contribution in [0.1, 0.15) is 16.7 Å². The summed E-state index contributed by atoms with van der Waals surface area (Å²) >= 11 is 6.05. The van der Waals surface area contributed by atoms with Crippen molar-refractivity contribution in [2.45, 2.75) is 31.5 Å². The second kappa shape index (κ2) is 14.6. The summed E-state index contributed by atoms with van der Waals surface area (Å²) in [5.74, 6) is 1.41. The Bertz CT molecular complexity index is 1470. The van der Waals surface area contributed by atoms with E-state index >= 15 is 0 Å². The molecule has 2 aromatic carbocycles. The molecule has 1 fully saturated rings. The number of fused-ring (bicyclic) bond motifs is 1. The molecule has 3 aromatic rings. The minimum atomic E-state index is -4.53. The number of likely N-dealkylation sites (N-methyl/N-ethyl adjacent to an activating group) is 1. The maximum atomic E-state index is 13.3. The third kappa shape index (κ3) is 8.56. The zero-order valence-electron chi connectivity index (χ0n) is 24.8. The summed E-state index contributed by atoms with van der Waals surface area (Å²) in [4.78, 5) is 21.4. The average molecular weight is 651 g/mol. The maximum Gasteiger partial charge on any atom is 0.416 e. The van der Waals surface area contributed by atoms with Gasteiger partial charge in [-0.05, 0) is 62.1 Å². The summed E-state index contributed by atoms with van der Waals surface area (Å²) in [5, 5.41) is 2.93. The molecule has 0 aliphatic carbocycles. The summed E-state index contributed by atoms with van der Waals surface area (Å²) in [6.45, 7) is 2.65. The molecule has 0 radical (unpaired) electrons. The number of hydrogen-bond acceptors (Lipinski definition) is 9. The molecule has 14 heteroatoms. The van der Waals surface area contributed by atoms with E-state index < -0.39 is 17.8 Å². The van der Waals surface area contributed by atoms with E-state index in [1.807, 2.05) is 32.3 Å². The minimum absolute atomic E-state index is 0.00408. The van der Waals surface area contributed by atoms with Crippen molar-refractivity contribution in [1.82, 2.24) is 20.1 Å². The SMILES string of the molecule is CN(C)C1CN(C(=O)[C@@H](COCc2ccc3c(c2)OCCO3)NCOCc2cccnc2Oc2ccc(C(F)(F)F)cc2Cl)C1. The molecule has 5 rings (SSSR count). The van der Waals surface area contributed by atoms with Crippen molar-refractivity contribution in [3.63, 3.8) is 0 Å². The third-order valence-corrected chi connectivity index (χ3v) is 7.66. The zero-order chi connectivity index (χ0) is 32.0. The summed E-state index contributed by atoms with van der Waals surface area (Å²) in [5.41, 5.74) is 0.533. The number of likely N-dealkylation sites (tertiary alicyclic amines) is 1. The molecular formula is C31H34ClF3N4O6. The summed E-state index contributed by atoms with van der Waals surface area (Å²) < 4.78 is 67.7. The van der Waals surface area contributed by atoms with Gasteiger partial charge < -0.3 is 33.5 Å². The summed E-state index contributed by atoms with van der Waals surface area (Å²) in [7, 11) is 3.96. The molecule has 242 valence electrons. The fourth-order valence-electron chi connectivity index (χ4n) is 4.68. The van der Waals surface area contributed by atoms with Crippen LogP contribution in [0.4, 0.5) is 13.2 Å². The van der Waals surface area contributed by atoms with Crippen molar-refractivity contribution < 1.29 is 41.7 Å². The minimum Gasteiger partial charge on any atom is -0.486 e. The molecule has 0 saturated carbocycles. The van der Waals surface area contributed by atoms with Crippen LogP contribution in [0.5, 0.6) is 23.1 Å². The van der Waals surface area contributed by atoms with Gasteiger partial charge in [0.05, 0.1) is 37.1 Å². The van der Waals surface area contributed by atoms with Crippen LogP contribution >= 0.6 is 11.6 Å². The van der Waals surface area contributed by atoms with Crippen LogP contribution in [0.3, 0.4) is 0 Å². The quantitative estimate of drug-likeness (QED) is 0.208. The van der Waals surface area contributed by atoms with Gasteiger partial charge in [-0.15, -0.1) is 0 Å². The number of nitrogens with one attached hydrogen (secondary N) is 1. The standard InChI is InChI=1S/C31H34ClF3N4O6/c1-38(2)23-14-39(15-23)30(40)25(18-41-16-20-5-7-27-28(12-20)44-11-10-43-27)37-19-42-17-21-4-3-9-36-29(21)45-26-8-6-22(13-24(26)32)31(33,34)35/h3-9,12-13,23,25,37H,10-11,14-19H2,1-2H3/t25-/m1/s1. The molecule has 3 heterocycles. The zero-order valence-corrected chi connectivity index (χ0v) is 25.6. The molecule has 1 N–H and O–H groups in total. The molecule has 0 unspecified atom stereocenters.